The van der Waals surface area contributed by atoms with Gasteiger partial charge in [-0.3, -0.25) is 14.9 Å². The Morgan fingerprint density at radius 1 is 1.25 bits per heavy atom. The van der Waals surface area contributed by atoms with Crippen molar-refractivity contribution in [2.75, 3.05) is 5.32 Å². The number of hydrogen-bond donors (Lipinski definition) is 3. The number of nitrogens with one attached hydrogen (secondary N) is 2. The monoisotopic (exact) mass is 423 g/mol. The second-order valence-electron chi connectivity index (χ2n) is 6.34. The molecule has 0 radical (unpaired) electrons. The van der Waals surface area contributed by atoms with Crippen LogP contribution < -0.4 is 10.6 Å². The van der Waals surface area contributed by atoms with Crippen LogP contribution in [0.4, 0.5) is 11.4 Å². The quantitative estimate of drug-likeness (QED) is 0.499. The van der Waals surface area contributed by atoms with E-state index in [1.807, 2.05) is 0 Å². The lowest BCUT2D eigenvalue weighted by Crippen LogP contribution is -2.41. The molecule has 1 heterocycles. The largest absolute Gasteiger partial charge is 0.480 e. The third-order valence-electron chi connectivity index (χ3n) is 4.39. The van der Waals surface area contributed by atoms with E-state index in [0.717, 1.165) is 0 Å². The number of amides is 1. The van der Waals surface area contributed by atoms with E-state index in [0.29, 0.717) is 26.9 Å². The summed E-state index contributed by atoms with van der Waals surface area (Å²) in [5.41, 5.74) is 1.55. The van der Waals surface area contributed by atoms with E-state index < -0.39 is 23.0 Å². The number of anilines is 1. The van der Waals surface area contributed by atoms with Crippen molar-refractivity contribution in [3.05, 3.63) is 67.7 Å². The van der Waals surface area contributed by atoms with Crippen molar-refractivity contribution in [3.63, 3.8) is 0 Å². The van der Waals surface area contributed by atoms with Gasteiger partial charge in [-0.05, 0) is 17.7 Å². The number of halogens is 2. The molecule has 2 aromatic rings. The van der Waals surface area contributed by atoms with Crippen LogP contribution in [0.5, 0.6) is 0 Å². The molecule has 0 bridgehead atoms. The van der Waals surface area contributed by atoms with Gasteiger partial charge in [0, 0.05) is 39.8 Å². The molecule has 146 valence electrons. The van der Waals surface area contributed by atoms with Crippen molar-refractivity contribution in [2.45, 2.75) is 24.9 Å². The van der Waals surface area contributed by atoms with Crippen molar-refractivity contribution >= 4 is 46.5 Å². The fourth-order valence-electron chi connectivity index (χ4n) is 3.12. The summed E-state index contributed by atoms with van der Waals surface area (Å²) < 4.78 is 0. The Bertz CT molecular complexity index is 949. The molecule has 28 heavy (non-hydrogen) atoms. The maximum Gasteiger partial charge on any atom is 0.326 e. The van der Waals surface area contributed by atoms with E-state index in [4.69, 9.17) is 23.2 Å². The zero-order valence-corrected chi connectivity index (χ0v) is 15.8. The molecule has 3 rings (SSSR count). The van der Waals surface area contributed by atoms with E-state index in [2.05, 4.69) is 10.6 Å². The molecule has 8 nitrogen and oxygen atoms in total. The number of rotatable bonds is 5. The molecule has 0 fully saturated rings. The number of non-ortho nitro benzene ring substituents is 1. The first-order chi connectivity index (χ1) is 13.2. The predicted molar refractivity (Wildman–Crippen MR) is 104 cm³/mol. The van der Waals surface area contributed by atoms with Crippen LogP contribution in [0.15, 0.2) is 36.4 Å². The molecule has 0 saturated heterocycles. The molecule has 0 saturated carbocycles. The molecule has 0 aliphatic carbocycles. The van der Waals surface area contributed by atoms with E-state index >= 15 is 0 Å². The number of carbonyl (C=O) groups excluding carboxylic acids is 1. The highest BCUT2D eigenvalue weighted by Gasteiger charge is 2.33. The third kappa shape index (κ3) is 4.35. The smallest absolute Gasteiger partial charge is 0.326 e. The number of aliphatic carboxylic acids is 1. The van der Waals surface area contributed by atoms with Gasteiger partial charge in [-0.25, -0.2) is 4.79 Å². The zero-order valence-electron chi connectivity index (χ0n) is 14.3. The number of fused-ring (bicyclic) bond motifs is 1. The average Bonchev–Trinajstić information content (AvgIpc) is 2.61. The number of carboxylic acid groups (broad SMARTS) is 1. The van der Waals surface area contributed by atoms with Crippen molar-refractivity contribution in [2.24, 2.45) is 0 Å². The molecule has 0 spiro atoms. The Kier molecular flexibility index (Phi) is 5.71. The molecule has 0 aromatic heterocycles. The number of carboxylic acids is 1. The molecule has 1 aliphatic rings. The Hall–Kier alpha value is -2.84. The van der Waals surface area contributed by atoms with Gasteiger partial charge in [-0.2, -0.15) is 0 Å². The zero-order chi connectivity index (χ0) is 20.4. The van der Waals surface area contributed by atoms with E-state index in [-0.39, 0.29) is 24.4 Å². The number of nitrogens with zero attached hydrogens (tertiary/aromatic N) is 1. The number of nitro benzene ring substituents is 1. The van der Waals surface area contributed by atoms with Crippen LogP contribution in [0.3, 0.4) is 0 Å². The van der Waals surface area contributed by atoms with Gasteiger partial charge in [-0.15, -0.1) is 0 Å². The van der Waals surface area contributed by atoms with Crippen molar-refractivity contribution in [3.8, 4) is 0 Å². The number of nitro groups is 1. The lowest BCUT2D eigenvalue weighted by molar-refractivity contribution is -0.384. The molecule has 1 aliphatic heterocycles. The summed E-state index contributed by atoms with van der Waals surface area (Å²) in [4.78, 5) is 34.1. The van der Waals surface area contributed by atoms with Crippen LogP contribution in [0, 0.1) is 10.1 Å². The fraction of sp³-hybridized carbons (Fsp3) is 0.222. The van der Waals surface area contributed by atoms with Gasteiger partial charge in [0.2, 0.25) is 5.91 Å². The Morgan fingerprint density at radius 2 is 1.93 bits per heavy atom. The van der Waals surface area contributed by atoms with Gasteiger partial charge in [-0.1, -0.05) is 35.3 Å². The topological polar surface area (TPSA) is 122 Å². The summed E-state index contributed by atoms with van der Waals surface area (Å²) in [6.07, 6.45) is 0.0931. The van der Waals surface area contributed by atoms with Crippen LogP contribution >= 0.6 is 23.2 Å². The number of carbonyl (C=O) groups is 2. The van der Waals surface area contributed by atoms with E-state index in [1.165, 1.54) is 30.3 Å². The maximum absolute atomic E-state index is 12.5. The minimum atomic E-state index is -1.06. The molecular formula is C18H15Cl2N3O5. The maximum atomic E-state index is 12.5. The summed E-state index contributed by atoms with van der Waals surface area (Å²) in [6.45, 7) is 0. The SMILES string of the molecule is O=C(Cc1ccc([N+](=O)[O-])cc1)N[C@H]1C[C@H](C(=O)O)Nc2cc(Cl)cc(Cl)c21. The second-order valence-corrected chi connectivity index (χ2v) is 7.18. The van der Waals surface area contributed by atoms with Crippen LogP contribution in [-0.2, 0) is 16.0 Å². The second kappa shape index (κ2) is 8.04. The van der Waals surface area contributed by atoms with Gasteiger partial charge in [0.05, 0.1) is 17.4 Å². The molecule has 2 aromatic carbocycles. The Labute approximate surface area is 169 Å². The van der Waals surface area contributed by atoms with Crippen LogP contribution in [0.1, 0.15) is 23.6 Å². The summed E-state index contributed by atoms with van der Waals surface area (Å²) in [7, 11) is 0. The van der Waals surface area contributed by atoms with E-state index in [9.17, 15) is 24.8 Å². The minimum Gasteiger partial charge on any atom is -0.480 e. The molecule has 3 N–H and O–H groups in total. The predicted octanol–water partition coefficient (Wildman–Crippen LogP) is 3.57. The normalized spacial score (nSPS) is 17.9. The Balaban J connectivity index is 1.79. The molecule has 10 heteroatoms. The summed E-state index contributed by atoms with van der Waals surface area (Å²) in [5, 5.41) is 26.4. The summed E-state index contributed by atoms with van der Waals surface area (Å²) >= 11 is 12.3. The fourth-order valence-corrected chi connectivity index (χ4v) is 3.74. The first-order valence-corrected chi connectivity index (χ1v) is 9.01. The standard InChI is InChI=1S/C18H15Cl2N3O5/c19-10-6-12(20)17-13(7-10)21-15(18(25)26)8-14(17)22-16(24)5-9-1-3-11(4-2-9)23(27)28/h1-4,6-7,14-15,21H,5,8H2,(H,22,24)(H,25,26)/t14-,15+/m0/s1. The lowest BCUT2D eigenvalue weighted by Gasteiger charge is -2.32. The molecule has 2 atom stereocenters. The highest BCUT2D eigenvalue weighted by atomic mass is 35.5. The third-order valence-corrected chi connectivity index (χ3v) is 4.92. The first-order valence-electron chi connectivity index (χ1n) is 8.25. The van der Waals surface area contributed by atoms with Gasteiger partial charge in [0.25, 0.3) is 5.69 Å². The first kappa shape index (κ1) is 19.9. The Morgan fingerprint density at radius 3 is 2.54 bits per heavy atom. The van der Waals surface area contributed by atoms with Gasteiger partial charge in [0.1, 0.15) is 6.04 Å². The highest BCUT2D eigenvalue weighted by Crippen LogP contribution is 2.39. The highest BCUT2D eigenvalue weighted by molar-refractivity contribution is 6.35. The van der Waals surface area contributed by atoms with Crippen LogP contribution in [0.25, 0.3) is 0 Å². The molecule has 1 amide bonds. The average molecular weight is 424 g/mol. The van der Waals surface area contributed by atoms with Gasteiger partial charge >= 0.3 is 5.97 Å². The lowest BCUT2D eigenvalue weighted by atomic mass is 9.92. The van der Waals surface area contributed by atoms with E-state index in [1.54, 1.807) is 6.07 Å². The summed E-state index contributed by atoms with van der Waals surface area (Å²) in [6, 6.07) is 7.21. The summed E-state index contributed by atoms with van der Waals surface area (Å²) in [5.74, 6) is -1.42. The van der Waals surface area contributed by atoms with Crippen LogP contribution in [-0.4, -0.2) is 27.9 Å². The van der Waals surface area contributed by atoms with Crippen molar-refractivity contribution in [1.82, 2.24) is 5.32 Å². The minimum absolute atomic E-state index is 0.0137. The number of benzene rings is 2. The van der Waals surface area contributed by atoms with Crippen LogP contribution in [0.2, 0.25) is 10.0 Å². The molecule has 0 unspecified atom stereocenters. The van der Waals surface area contributed by atoms with Gasteiger partial charge in [0.15, 0.2) is 0 Å². The molecular weight excluding hydrogens is 409 g/mol. The van der Waals surface area contributed by atoms with Gasteiger partial charge < -0.3 is 15.7 Å². The van der Waals surface area contributed by atoms with Crippen molar-refractivity contribution in [1.29, 1.82) is 0 Å². The van der Waals surface area contributed by atoms with Crippen molar-refractivity contribution < 1.29 is 19.6 Å². The number of hydrogen-bond acceptors (Lipinski definition) is 5.